The maximum atomic E-state index is 14.8. The second-order valence-corrected chi connectivity index (χ2v) is 10.6. The average Bonchev–Trinajstić information content (AvgIpc) is 3.41. The molecular formula is C28H33ClFN5O3. The van der Waals surface area contributed by atoms with E-state index in [9.17, 15) is 9.18 Å². The summed E-state index contributed by atoms with van der Waals surface area (Å²) in [5.41, 5.74) is 0.672. The summed E-state index contributed by atoms with van der Waals surface area (Å²) < 4.78 is 26.2. The van der Waals surface area contributed by atoms with Gasteiger partial charge in [-0.15, -0.1) is 10.2 Å². The van der Waals surface area contributed by atoms with E-state index >= 15 is 0 Å². The smallest absolute Gasteiger partial charge is 0.294 e. The van der Waals surface area contributed by atoms with Crippen molar-refractivity contribution in [3.8, 4) is 16.9 Å². The highest BCUT2D eigenvalue weighted by Crippen LogP contribution is 2.34. The van der Waals surface area contributed by atoms with Crippen LogP contribution in [-0.2, 0) is 11.2 Å². The molecule has 1 aromatic carbocycles. The van der Waals surface area contributed by atoms with Crippen LogP contribution in [0.1, 0.15) is 67.8 Å². The third-order valence-electron chi connectivity index (χ3n) is 7.42. The van der Waals surface area contributed by atoms with Crippen molar-refractivity contribution >= 4 is 23.3 Å². The van der Waals surface area contributed by atoms with E-state index in [4.69, 9.17) is 21.1 Å². The number of hydrogen-bond acceptors (Lipinski definition) is 6. The van der Waals surface area contributed by atoms with Gasteiger partial charge in [-0.25, -0.2) is 9.37 Å². The minimum absolute atomic E-state index is 0.111. The summed E-state index contributed by atoms with van der Waals surface area (Å²) >= 11 is 6.39. The van der Waals surface area contributed by atoms with Gasteiger partial charge in [-0.1, -0.05) is 43.7 Å². The largest absolute Gasteiger partial charge is 0.494 e. The van der Waals surface area contributed by atoms with Crippen LogP contribution in [0.2, 0.25) is 5.02 Å². The van der Waals surface area contributed by atoms with Crippen LogP contribution in [0.3, 0.4) is 0 Å². The van der Waals surface area contributed by atoms with Crippen LogP contribution < -0.4 is 10.1 Å². The zero-order valence-corrected chi connectivity index (χ0v) is 22.1. The number of ether oxygens (including phenoxy) is 2. The zero-order valence-electron chi connectivity index (χ0n) is 21.3. The lowest BCUT2D eigenvalue weighted by Crippen LogP contribution is -2.17. The topological polar surface area (TPSA) is 102 Å². The van der Waals surface area contributed by atoms with Gasteiger partial charge >= 0.3 is 0 Å². The lowest BCUT2D eigenvalue weighted by atomic mass is 9.87. The lowest BCUT2D eigenvalue weighted by Gasteiger charge is -2.21. The summed E-state index contributed by atoms with van der Waals surface area (Å²) in [6.45, 7) is 2.13. The molecule has 38 heavy (non-hydrogen) atoms. The number of carbonyl (C=O) groups is 1. The highest BCUT2D eigenvalue weighted by molar-refractivity contribution is 6.33. The first kappa shape index (κ1) is 26.6. The normalized spacial score (nSPS) is 16.9. The summed E-state index contributed by atoms with van der Waals surface area (Å²) in [5.74, 6) is 1.84. The van der Waals surface area contributed by atoms with Crippen molar-refractivity contribution in [1.29, 1.82) is 0 Å². The van der Waals surface area contributed by atoms with Gasteiger partial charge < -0.3 is 19.8 Å². The third kappa shape index (κ3) is 6.88. The van der Waals surface area contributed by atoms with Crippen molar-refractivity contribution in [2.24, 2.45) is 11.8 Å². The standard InChI is InChI=1S/C28H33ClFN5O3/c29-23-17-31-25(33-28(36)27-32-26(34-35-27)14-19-4-2-1-3-5-19)16-21(23)22-15-20(6-7-24(22)30)38-13-10-18-8-11-37-12-9-18/h6-7,15-19H,1-5,8-14H2,(H,31,33,36)(H,32,34,35). The van der Waals surface area contributed by atoms with Gasteiger partial charge in [0.05, 0.1) is 11.6 Å². The molecule has 10 heteroatoms. The van der Waals surface area contributed by atoms with E-state index in [0.29, 0.717) is 35.6 Å². The molecule has 8 nitrogen and oxygen atoms in total. The van der Waals surface area contributed by atoms with Crippen molar-refractivity contribution in [3.05, 3.63) is 53.0 Å². The van der Waals surface area contributed by atoms with Gasteiger partial charge in [0.1, 0.15) is 23.2 Å². The minimum atomic E-state index is -0.473. The molecule has 2 aromatic heterocycles. The van der Waals surface area contributed by atoms with Crippen molar-refractivity contribution in [2.45, 2.75) is 57.8 Å². The molecule has 0 bridgehead atoms. The van der Waals surface area contributed by atoms with E-state index in [-0.39, 0.29) is 22.2 Å². The fourth-order valence-electron chi connectivity index (χ4n) is 5.22. The molecule has 0 radical (unpaired) electrons. The van der Waals surface area contributed by atoms with E-state index in [0.717, 1.165) is 38.9 Å². The van der Waals surface area contributed by atoms with Gasteiger partial charge in [0.25, 0.3) is 5.91 Å². The van der Waals surface area contributed by atoms with Crippen molar-refractivity contribution in [3.63, 3.8) is 0 Å². The molecule has 202 valence electrons. The number of nitrogens with one attached hydrogen (secondary N) is 2. The molecule has 0 spiro atoms. The summed E-state index contributed by atoms with van der Waals surface area (Å²) in [6, 6.07) is 6.13. The SMILES string of the molecule is O=C(Nc1cc(-c2cc(OCCC3CCOCC3)ccc2F)c(Cl)cn1)c1nnc(CC2CCCCC2)[nH]1. The second-order valence-electron chi connectivity index (χ2n) is 10.2. The summed E-state index contributed by atoms with van der Waals surface area (Å²) in [6.07, 6.45) is 11.3. The highest BCUT2D eigenvalue weighted by atomic mass is 35.5. The number of pyridine rings is 1. The molecule has 3 heterocycles. The second kappa shape index (κ2) is 12.7. The number of carbonyl (C=O) groups excluding carboxylic acids is 1. The quantitative estimate of drug-likeness (QED) is 0.333. The van der Waals surface area contributed by atoms with E-state index in [2.05, 4.69) is 25.5 Å². The van der Waals surface area contributed by atoms with E-state index in [1.807, 2.05) is 0 Å². The van der Waals surface area contributed by atoms with Crippen LogP contribution in [0.15, 0.2) is 30.5 Å². The summed E-state index contributed by atoms with van der Waals surface area (Å²) in [4.78, 5) is 20.0. The molecule has 3 aromatic rings. The Bertz CT molecular complexity index is 1240. The predicted molar refractivity (Wildman–Crippen MR) is 143 cm³/mol. The third-order valence-corrected chi connectivity index (χ3v) is 7.72. The Morgan fingerprint density at radius 1 is 1.08 bits per heavy atom. The van der Waals surface area contributed by atoms with Crippen LogP contribution in [-0.4, -0.2) is 45.9 Å². The first-order chi connectivity index (χ1) is 18.5. The van der Waals surface area contributed by atoms with Crippen molar-refractivity contribution in [1.82, 2.24) is 20.2 Å². The number of benzene rings is 1. The molecule has 0 unspecified atom stereocenters. The van der Waals surface area contributed by atoms with E-state index in [1.165, 1.54) is 44.4 Å². The number of H-pyrrole nitrogens is 1. The van der Waals surface area contributed by atoms with E-state index < -0.39 is 11.7 Å². The first-order valence-electron chi connectivity index (χ1n) is 13.4. The number of rotatable bonds is 9. The molecule has 1 saturated carbocycles. The van der Waals surface area contributed by atoms with Gasteiger partial charge in [-0.2, -0.15) is 0 Å². The maximum absolute atomic E-state index is 14.8. The molecular weight excluding hydrogens is 509 g/mol. The molecule has 1 aliphatic heterocycles. The number of amides is 1. The Labute approximate surface area is 226 Å². The molecule has 2 aliphatic rings. The van der Waals surface area contributed by atoms with Gasteiger partial charge in [0.15, 0.2) is 0 Å². The van der Waals surface area contributed by atoms with Gasteiger partial charge in [0.2, 0.25) is 5.82 Å². The van der Waals surface area contributed by atoms with Crippen LogP contribution >= 0.6 is 11.6 Å². The molecule has 1 amide bonds. The number of anilines is 1. The molecule has 2 fully saturated rings. The Hall–Kier alpha value is -3.04. The number of halogens is 2. The molecule has 1 aliphatic carbocycles. The number of aromatic nitrogens is 4. The Morgan fingerprint density at radius 2 is 1.89 bits per heavy atom. The van der Waals surface area contributed by atoms with Crippen molar-refractivity contribution in [2.75, 3.05) is 25.1 Å². The van der Waals surface area contributed by atoms with Gasteiger partial charge in [0, 0.05) is 37.0 Å². The summed E-state index contributed by atoms with van der Waals surface area (Å²) in [7, 11) is 0. The van der Waals surface area contributed by atoms with Gasteiger partial charge in [-0.05, 0) is 55.4 Å². The Kier molecular flexibility index (Phi) is 8.86. The monoisotopic (exact) mass is 541 g/mol. The maximum Gasteiger partial charge on any atom is 0.294 e. The first-order valence-corrected chi connectivity index (χ1v) is 13.8. The minimum Gasteiger partial charge on any atom is -0.494 e. The van der Waals surface area contributed by atoms with Gasteiger partial charge in [-0.3, -0.25) is 4.79 Å². The average molecular weight is 542 g/mol. The molecule has 0 atom stereocenters. The van der Waals surface area contributed by atoms with Crippen LogP contribution in [0.4, 0.5) is 10.2 Å². The fraction of sp³-hybridized carbons (Fsp3) is 0.500. The fourth-order valence-corrected chi connectivity index (χ4v) is 5.43. The van der Waals surface area contributed by atoms with Crippen LogP contribution in [0.5, 0.6) is 5.75 Å². The predicted octanol–water partition coefficient (Wildman–Crippen LogP) is 6.23. The van der Waals surface area contributed by atoms with Crippen LogP contribution in [0.25, 0.3) is 11.1 Å². The Morgan fingerprint density at radius 3 is 2.71 bits per heavy atom. The number of nitrogens with zero attached hydrogens (tertiary/aromatic N) is 3. The van der Waals surface area contributed by atoms with Crippen LogP contribution in [0, 0.1) is 17.7 Å². The highest BCUT2D eigenvalue weighted by Gasteiger charge is 2.20. The Balaban J connectivity index is 1.24. The molecule has 1 saturated heterocycles. The molecule has 2 N–H and O–H groups in total. The lowest BCUT2D eigenvalue weighted by molar-refractivity contribution is 0.0593. The van der Waals surface area contributed by atoms with E-state index in [1.54, 1.807) is 18.2 Å². The number of aromatic amines is 1. The van der Waals surface area contributed by atoms with Crippen molar-refractivity contribution < 1.29 is 18.7 Å². The molecule has 5 rings (SSSR count). The zero-order chi connectivity index (χ0) is 26.3. The number of hydrogen-bond donors (Lipinski definition) is 2. The summed E-state index contributed by atoms with van der Waals surface area (Å²) in [5, 5.41) is 11.1.